The first-order valence-corrected chi connectivity index (χ1v) is 14.9. The number of carbonyl (C=O) groups excluding carboxylic acids is 5. The molecule has 0 aromatic heterocycles. The molecule has 9 nitrogen and oxygen atoms in total. The van der Waals surface area contributed by atoms with E-state index in [0.717, 1.165) is 29.4 Å². The molecule has 218 valence electrons. The summed E-state index contributed by atoms with van der Waals surface area (Å²) in [5.74, 6) is -0.769. The first-order valence-electron chi connectivity index (χ1n) is 13.8. The van der Waals surface area contributed by atoms with E-state index in [1.54, 1.807) is 49.9 Å². The molecular weight excluding hydrogens is 592 g/mol. The number of halogens is 1. The van der Waals surface area contributed by atoms with E-state index >= 15 is 0 Å². The van der Waals surface area contributed by atoms with Crippen LogP contribution in [0.25, 0.3) is 5.70 Å². The van der Waals surface area contributed by atoms with E-state index < -0.39 is 0 Å². The Morgan fingerprint density at radius 1 is 0.805 bits per heavy atom. The molecule has 3 aliphatic heterocycles. The molecule has 0 unspecified atom stereocenters. The van der Waals surface area contributed by atoms with Gasteiger partial charge in [0.05, 0.1) is 35.6 Å². The van der Waals surface area contributed by atoms with E-state index in [1.165, 1.54) is 4.90 Å². The molecule has 2 aromatic carbocycles. The monoisotopic (exact) mass is 626 g/mol. The number of amides is 3. The lowest BCUT2D eigenvalue weighted by Crippen LogP contribution is -2.30. The number of esters is 2. The summed E-state index contributed by atoms with van der Waals surface area (Å²) in [6.45, 7) is 7.37. The van der Waals surface area contributed by atoms with Crippen LogP contribution in [-0.2, 0) is 19.1 Å². The summed E-state index contributed by atoms with van der Waals surface area (Å²) in [6, 6.07) is 14.4. The molecule has 0 aliphatic carbocycles. The average molecular weight is 628 g/mol. The zero-order chi connectivity index (χ0) is 29.9. The van der Waals surface area contributed by atoms with Crippen molar-refractivity contribution in [3.8, 4) is 0 Å². The molecular formula is C31H35BrN2O7. The van der Waals surface area contributed by atoms with Gasteiger partial charge < -0.3 is 14.4 Å². The number of imide groups is 1. The van der Waals surface area contributed by atoms with Crippen LogP contribution in [0.4, 0.5) is 0 Å². The molecule has 5 rings (SSSR count). The van der Waals surface area contributed by atoms with Crippen LogP contribution < -0.4 is 0 Å². The maximum Gasteiger partial charge on any atom is 0.336 e. The third kappa shape index (κ3) is 7.30. The number of ether oxygens (including phenoxy) is 2. The highest BCUT2D eigenvalue weighted by atomic mass is 79.9. The molecule has 10 heteroatoms. The van der Waals surface area contributed by atoms with Gasteiger partial charge in [0.15, 0.2) is 0 Å². The van der Waals surface area contributed by atoms with Gasteiger partial charge in [-0.3, -0.25) is 24.1 Å². The van der Waals surface area contributed by atoms with Crippen molar-refractivity contribution in [2.45, 2.75) is 46.5 Å². The third-order valence-electron chi connectivity index (χ3n) is 6.53. The quantitative estimate of drug-likeness (QED) is 0.235. The van der Waals surface area contributed by atoms with Crippen LogP contribution in [0.1, 0.15) is 83.1 Å². The van der Waals surface area contributed by atoms with Gasteiger partial charge in [0.25, 0.3) is 17.7 Å². The molecule has 3 aliphatic rings. The Hall–Kier alpha value is -3.79. The van der Waals surface area contributed by atoms with Gasteiger partial charge in [-0.1, -0.05) is 53.2 Å². The Kier molecular flexibility index (Phi) is 11.8. The molecule has 0 atom stereocenters. The predicted octanol–water partition coefficient (Wildman–Crippen LogP) is 5.24. The lowest BCUT2D eigenvalue weighted by Gasteiger charge is -2.26. The highest BCUT2D eigenvalue weighted by molar-refractivity contribution is 9.09. The Morgan fingerprint density at radius 2 is 1.34 bits per heavy atom. The number of alkyl halides is 1. The first-order chi connectivity index (χ1) is 19.8. The zero-order valence-corrected chi connectivity index (χ0v) is 25.2. The molecule has 0 spiro atoms. The average Bonchev–Trinajstić information content (AvgIpc) is 3.42. The lowest BCUT2D eigenvalue weighted by atomic mass is 9.99. The van der Waals surface area contributed by atoms with Crippen molar-refractivity contribution >= 4 is 51.3 Å². The number of benzene rings is 2. The summed E-state index contributed by atoms with van der Waals surface area (Å²) in [6.07, 6.45) is 2.74. The molecule has 0 N–H and O–H groups in total. The number of hydrogen-bond donors (Lipinski definition) is 0. The van der Waals surface area contributed by atoms with Crippen LogP contribution in [-0.4, -0.2) is 71.1 Å². The smallest absolute Gasteiger partial charge is 0.336 e. The number of fused-ring (bicyclic) bond motifs is 4. The summed E-state index contributed by atoms with van der Waals surface area (Å²) in [5, 5.41) is 0.792. The molecule has 3 amide bonds. The summed E-state index contributed by atoms with van der Waals surface area (Å²) >= 11 is 3.28. The maximum atomic E-state index is 12.3. The van der Waals surface area contributed by atoms with Crippen LogP contribution in [0.5, 0.6) is 0 Å². The number of carbonyl (C=O) groups is 5. The molecule has 2 aromatic rings. The molecule has 0 bridgehead atoms. The highest BCUT2D eigenvalue weighted by Gasteiger charge is 2.38. The fraction of sp³-hybridized carbons (Fsp3) is 0.387. The van der Waals surface area contributed by atoms with Crippen LogP contribution in [0.2, 0.25) is 0 Å². The molecule has 0 saturated heterocycles. The topological polar surface area (TPSA) is 110 Å². The second-order valence-corrected chi connectivity index (χ2v) is 9.96. The second kappa shape index (κ2) is 15.3. The van der Waals surface area contributed by atoms with Crippen molar-refractivity contribution in [3.05, 3.63) is 76.4 Å². The van der Waals surface area contributed by atoms with Gasteiger partial charge in [-0.05, 0) is 51.3 Å². The van der Waals surface area contributed by atoms with Crippen molar-refractivity contribution in [3.63, 3.8) is 0 Å². The minimum absolute atomic E-state index is 0.00732. The van der Waals surface area contributed by atoms with Crippen molar-refractivity contribution in [2.24, 2.45) is 0 Å². The van der Waals surface area contributed by atoms with E-state index in [9.17, 15) is 24.0 Å². The van der Waals surface area contributed by atoms with E-state index in [-0.39, 0.29) is 29.7 Å². The SMILES string of the molecule is CCOC(=O)C1=C2c3ccccc3C(=O)N2CCC1.CCOC(=O)CC.O=C1c2ccccc2C(=O)N1CCCBr. The van der Waals surface area contributed by atoms with Gasteiger partial charge in [0, 0.05) is 36.0 Å². The molecule has 0 radical (unpaired) electrons. The summed E-state index contributed by atoms with van der Waals surface area (Å²) in [4.78, 5) is 61.2. The number of rotatable bonds is 7. The summed E-state index contributed by atoms with van der Waals surface area (Å²) in [7, 11) is 0. The molecule has 0 fully saturated rings. The minimum atomic E-state index is -0.299. The fourth-order valence-corrected chi connectivity index (χ4v) is 4.93. The van der Waals surface area contributed by atoms with Crippen molar-refractivity contribution < 1.29 is 33.4 Å². The predicted molar refractivity (Wildman–Crippen MR) is 157 cm³/mol. The van der Waals surface area contributed by atoms with Gasteiger partial charge in [0.2, 0.25) is 0 Å². The van der Waals surface area contributed by atoms with Crippen LogP contribution in [0.3, 0.4) is 0 Å². The van der Waals surface area contributed by atoms with E-state index in [2.05, 4.69) is 20.7 Å². The number of nitrogens with zero attached hydrogens (tertiary/aromatic N) is 2. The largest absolute Gasteiger partial charge is 0.466 e. The van der Waals surface area contributed by atoms with Crippen molar-refractivity contribution in [1.82, 2.24) is 9.80 Å². The van der Waals surface area contributed by atoms with E-state index in [0.29, 0.717) is 61.4 Å². The summed E-state index contributed by atoms with van der Waals surface area (Å²) < 4.78 is 9.66. The second-order valence-electron chi connectivity index (χ2n) is 9.16. The lowest BCUT2D eigenvalue weighted by molar-refractivity contribution is -0.142. The number of hydrogen-bond acceptors (Lipinski definition) is 7. The normalized spacial score (nSPS) is 14.8. The Bertz CT molecular complexity index is 1300. The van der Waals surface area contributed by atoms with E-state index in [1.807, 2.05) is 24.3 Å². The van der Waals surface area contributed by atoms with Gasteiger partial charge in [0.1, 0.15) is 0 Å². The Morgan fingerprint density at radius 3 is 1.83 bits per heavy atom. The molecule has 0 saturated carbocycles. The van der Waals surface area contributed by atoms with Gasteiger partial charge in [-0.25, -0.2) is 4.79 Å². The van der Waals surface area contributed by atoms with Crippen LogP contribution in [0, 0.1) is 0 Å². The summed E-state index contributed by atoms with van der Waals surface area (Å²) in [5.41, 5.74) is 3.97. The third-order valence-corrected chi connectivity index (χ3v) is 7.09. The first kappa shape index (κ1) is 31.7. The Balaban J connectivity index is 0.000000188. The van der Waals surface area contributed by atoms with Crippen LogP contribution in [0.15, 0.2) is 54.1 Å². The Labute approximate surface area is 248 Å². The standard InChI is InChI=1S/C15H15NO3.C11H10BrNO2.C5H10O2/c1-2-19-15(18)12-8-5-9-16-13(12)10-6-3-4-7-11(10)14(16)17;12-6-3-7-13-10(14)8-4-1-2-5-9(8)11(13)15;1-3-5(6)7-4-2/h3-4,6-7H,2,5,8-9H2,1H3;1-2,4-5H,3,6-7H2;3-4H2,1-2H3. The van der Waals surface area contributed by atoms with Gasteiger partial charge in [-0.2, -0.15) is 0 Å². The fourth-order valence-electron chi connectivity index (χ4n) is 4.68. The van der Waals surface area contributed by atoms with Gasteiger partial charge in [-0.15, -0.1) is 0 Å². The zero-order valence-electron chi connectivity index (χ0n) is 23.6. The van der Waals surface area contributed by atoms with Gasteiger partial charge >= 0.3 is 11.9 Å². The van der Waals surface area contributed by atoms with E-state index in [4.69, 9.17) is 4.74 Å². The molecule has 3 heterocycles. The van der Waals surface area contributed by atoms with Crippen molar-refractivity contribution in [2.75, 3.05) is 31.6 Å². The highest BCUT2D eigenvalue weighted by Crippen LogP contribution is 2.39. The maximum absolute atomic E-state index is 12.3. The minimum Gasteiger partial charge on any atom is -0.466 e. The van der Waals surface area contributed by atoms with Crippen molar-refractivity contribution in [1.29, 1.82) is 0 Å². The van der Waals surface area contributed by atoms with Crippen LogP contribution >= 0.6 is 15.9 Å². The molecule has 41 heavy (non-hydrogen) atoms.